The third kappa shape index (κ3) is 2.19. The van der Waals surface area contributed by atoms with Crippen molar-refractivity contribution in [2.75, 3.05) is 13.1 Å². The number of carboxylic acids is 1. The first-order valence-electron chi connectivity index (χ1n) is 7.48. The van der Waals surface area contributed by atoms with Gasteiger partial charge in [-0.3, -0.25) is 0 Å². The summed E-state index contributed by atoms with van der Waals surface area (Å²) < 4.78 is 0. The quantitative estimate of drug-likeness (QED) is 0.788. The van der Waals surface area contributed by atoms with Crippen LogP contribution in [-0.4, -0.2) is 52.1 Å². The predicted molar refractivity (Wildman–Crippen MR) is 69.8 cm³/mol. The summed E-state index contributed by atoms with van der Waals surface area (Å²) in [5.41, 5.74) is 0. The maximum atomic E-state index is 12.6. The van der Waals surface area contributed by atoms with E-state index in [-0.39, 0.29) is 6.03 Å². The van der Waals surface area contributed by atoms with Gasteiger partial charge in [-0.15, -0.1) is 0 Å². The van der Waals surface area contributed by atoms with E-state index in [1.54, 1.807) is 4.90 Å². The molecule has 3 unspecified atom stereocenters. The lowest BCUT2D eigenvalue weighted by Crippen LogP contribution is -2.50. The number of rotatable bonds is 1. The lowest BCUT2D eigenvalue weighted by molar-refractivity contribution is -0.141. The zero-order valence-electron chi connectivity index (χ0n) is 11.3. The van der Waals surface area contributed by atoms with Crippen molar-refractivity contribution in [3.8, 4) is 0 Å². The van der Waals surface area contributed by atoms with Gasteiger partial charge < -0.3 is 14.9 Å². The van der Waals surface area contributed by atoms with E-state index in [2.05, 4.69) is 0 Å². The van der Waals surface area contributed by atoms with Crippen molar-refractivity contribution >= 4 is 12.0 Å². The first-order chi connectivity index (χ1) is 9.18. The Hall–Kier alpha value is -1.26. The van der Waals surface area contributed by atoms with Crippen molar-refractivity contribution in [1.29, 1.82) is 0 Å². The Labute approximate surface area is 113 Å². The summed E-state index contributed by atoms with van der Waals surface area (Å²) in [4.78, 5) is 27.4. The fourth-order valence-corrected chi connectivity index (χ4v) is 4.06. The van der Waals surface area contributed by atoms with E-state index < -0.39 is 12.0 Å². The highest BCUT2D eigenvalue weighted by atomic mass is 16.4. The van der Waals surface area contributed by atoms with E-state index in [0.717, 1.165) is 25.8 Å². The van der Waals surface area contributed by atoms with Crippen LogP contribution in [0.15, 0.2) is 0 Å². The number of nitrogens with zero attached hydrogens (tertiary/aromatic N) is 2. The number of aliphatic carboxylic acids is 1. The zero-order chi connectivity index (χ0) is 13.4. The van der Waals surface area contributed by atoms with Crippen molar-refractivity contribution in [3.05, 3.63) is 0 Å². The zero-order valence-corrected chi connectivity index (χ0v) is 11.3. The average molecular weight is 266 g/mol. The van der Waals surface area contributed by atoms with Crippen LogP contribution in [0, 0.1) is 5.92 Å². The summed E-state index contributed by atoms with van der Waals surface area (Å²) >= 11 is 0. The van der Waals surface area contributed by atoms with Crippen LogP contribution < -0.4 is 0 Å². The molecule has 2 aliphatic heterocycles. The molecule has 1 N–H and O–H groups in total. The summed E-state index contributed by atoms with van der Waals surface area (Å²) in [6.07, 6.45) is 7.33. The fourth-order valence-electron chi connectivity index (χ4n) is 4.06. The average Bonchev–Trinajstić information content (AvgIpc) is 3.05. The predicted octanol–water partition coefficient (Wildman–Crippen LogP) is 1.92. The lowest BCUT2D eigenvalue weighted by Gasteiger charge is -2.35. The van der Waals surface area contributed by atoms with Crippen LogP contribution in [0.2, 0.25) is 0 Å². The maximum Gasteiger partial charge on any atom is 0.326 e. The van der Waals surface area contributed by atoms with E-state index in [9.17, 15) is 14.7 Å². The van der Waals surface area contributed by atoms with Gasteiger partial charge in [0, 0.05) is 19.1 Å². The van der Waals surface area contributed by atoms with Crippen molar-refractivity contribution in [1.82, 2.24) is 9.80 Å². The first-order valence-corrected chi connectivity index (χ1v) is 7.48. The number of carbonyl (C=O) groups excluding carboxylic acids is 1. The minimum atomic E-state index is -0.856. The molecule has 5 nitrogen and oxygen atoms in total. The third-order valence-electron chi connectivity index (χ3n) is 5.04. The van der Waals surface area contributed by atoms with Crippen LogP contribution >= 0.6 is 0 Å². The molecule has 0 aromatic carbocycles. The molecule has 1 aliphatic carbocycles. The highest BCUT2D eigenvalue weighted by Gasteiger charge is 2.43. The van der Waals surface area contributed by atoms with Crippen LogP contribution in [0.1, 0.15) is 44.9 Å². The highest BCUT2D eigenvalue weighted by Crippen LogP contribution is 2.37. The van der Waals surface area contributed by atoms with Crippen LogP contribution in [-0.2, 0) is 4.79 Å². The second kappa shape index (κ2) is 5.02. The van der Waals surface area contributed by atoms with Crippen molar-refractivity contribution in [3.63, 3.8) is 0 Å². The molecule has 0 bridgehead atoms. The second-order valence-electron chi connectivity index (χ2n) is 6.07. The summed E-state index contributed by atoms with van der Waals surface area (Å²) in [5.74, 6) is -0.200. The van der Waals surface area contributed by atoms with Gasteiger partial charge in [0.2, 0.25) is 0 Å². The van der Waals surface area contributed by atoms with Gasteiger partial charge in [-0.2, -0.15) is 0 Å². The summed E-state index contributed by atoms with van der Waals surface area (Å²) in [6, 6.07) is -0.259. The largest absolute Gasteiger partial charge is 0.480 e. The first kappa shape index (κ1) is 12.8. The molecule has 0 spiro atoms. The number of hydrogen-bond acceptors (Lipinski definition) is 2. The smallest absolute Gasteiger partial charge is 0.326 e. The van der Waals surface area contributed by atoms with Crippen LogP contribution in [0.4, 0.5) is 4.79 Å². The molecule has 5 heteroatoms. The molecule has 0 radical (unpaired) electrons. The summed E-state index contributed by atoms with van der Waals surface area (Å²) in [5, 5.41) is 9.20. The molecule has 2 heterocycles. The van der Waals surface area contributed by atoms with Crippen LogP contribution in [0.3, 0.4) is 0 Å². The number of urea groups is 1. The van der Waals surface area contributed by atoms with E-state index >= 15 is 0 Å². The Morgan fingerprint density at radius 3 is 2.47 bits per heavy atom. The summed E-state index contributed by atoms with van der Waals surface area (Å²) in [6.45, 7) is 1.42. The van der Waals surface area contributed by atoms with Gasteiger partial charge in [0.15, 0.2) is 0 Å². The normalized spacial score (nSPS) is 34.4. The fraction of sp³-hybridized carbons (Fsp3) is 0.857. The summed E-state index contributed by atoms with van der Waals surface area (Å²) in [7, 11) is 0. The molecule has 3 rings (SSSR count). The molecule has 19 heavy (non-hydrogen) atoms. The van der Waals surface area contributed by atoms with E-state index in [1.165, 1.54) is 19.3 Å². The maximum absolute atomic E-state index is 12.6. The minimum Gasteiger partial charge on any atom is -0.480 e. The van der Waals surface area contributed by atoms with Crippen LogP contribution in [0.25, 0.3) is 0 Å². The molecular weight excluding hydrogens is 244 g/mol. The number of carboxylic acid groups (broad SMARTS) is 1. The van der Waals surface area contributed by atoms with E-state index in [1.807, 2.05) is 4.90 Å². The number of carbonyl (C=O) groups is 2. The molecular formula is C14H22N2O3. The highest BCUT2D eigenvalue weighted by molar-refractivity contribution is 5.83. The van der Waals surface area contributed by atoms with Gasteiger partial charge in [-0.05, 0) is 38.0 Å². The number of likely N-dealkylation sites (tertiary alicyclic amines) is 2. The van der Waals surface area contributed by atoms with Crippen LogP contribution in [0.5, 0.6) is 0 Å². The Morgan fingerprint density at radius 2 is 1.68 bits per heavy atom. The van der Waals surface area contributed by atoms with Crippen molar-refractivity contribution in [2.45, 2.75) is 57.0 Å². The molecule has 106 valence electrons. The van der Waals surface area contributed by atoms with Gasteiger partial charge in [0.25, 0.3) is 0 Å². The standard InChI is InChI=1S/C14H22N2O3/c17-13(18)12-6-3-8-15(12)14(19)16-9-7-10-4-1-2-5-11(10)16/h10-12H,1-9H2,(H,17,18). The number of hydrogen-bond donors (Lipinski definition) is 1. The van der Waals surface area contributed by atoms with Gasteiger partial charge in [-0.25, -0.2) is 9.59 Å². The third-order valence-corrected chi connectivity index (χ3v) is 5.04. The molecule has 2 amide bonds. The van der Waals surface area contributed by atoms with E-state index in [0.29, 0.717) is 24.9 Å². The molecule has 3 fully saturated rings. The number of fused-ring (bicyclic) bond motifs is 1. The van der Waals surface area contributed by atoms with E-state index in [4.69, 9.17) is 0 Å². The molecule has 0 aromatic heterocycles. The second-order valence-corrected chi connectivity index (χ2v) is 6.07. The molecule has 2 saturated heterocycles. The lowest BCUT2D eigenvalue weighted by atomic mass is 9.85. The van der Waals surface area contributed by atoms with Gasteiger partial charge in [0.05, 0.1) is 0 Å². The molecule has 0 aromatic rings. The van der Waals surface area contributed by atoms with Crippen molar-refractivity contribution < 1.29 is 14.7 Å². The topological polar surface area (TPSA) is 60.9 Å². The molecule has 3 aliphatic rings. The molecule has 1 saturated carbocycles. The van der Waals surface area contributed by atoms with Crippen molar-refractivity contribution in [2.24, 2.45) is 5.92 Å². The van der Waals surface area contributed by atoms with Gasteiger partial charge in [-0.1, -0.05) is 12.8 Å². The SMILES string of the molecule is O=C(O)C1CCCN1C(=O)N1CCC2CCCCC21. The molecule has 3 atom stereocenters. The Kier molecular flexibility index (Phi) is 3.37. The van der Waals surface area contributed by atoms with Gasteiger partial charge in [0.1, 0.15) is 6.04 Å². The monoisotopic (exact) mass is 266 g/mol. The Morgan fingerprint density at radius 1 is 0.895 bits per heavy atom. The Bertz CT molecular complexity index is 385. The minimum absolute atomic E-state index is 0.0284. The number of amides is 2. The van der Waals surface area contributed by atoms with Gasteiger partial charge >= 0.3 is 12.0 Å². The Balaban J connectivity index is 1.71.